The summed E-state index contributed by atoms with van der Waals surface area (Å²) in [5.41, 5.74) is 6.17. The highest BCUT2D eigenvalue weighted by Crippen LogP contribution is 2.49. The van der Waals surface area contributed by atoms with Crippen LogP contribution in [0.4, 0.5) is 0 Å². The van der Waals surface area contributed by atoms with Gasteiger partial charge >= 0.3 is 0 Å². The molecule has 1 aliphatic carbocycles. The molecule has 2 rings (SSSR count). The van der Waals surface area contributed by atoms with Crippen molar-refractivity contribution in [2.45, 2.75) is 71.2 Å². The molecule has 146 valence electrons. The largest absolute Gasteiger partial charge is 0.378 e. The summed E-state index contributed by atoms with van der Waals surface area (Å²) < 4.78 is 5.71. The predicted molar refractivity (Wildman–Crippen MR) is 106 cm³/mol. The van der Waals surface area contributed by atoms with Crippen molar-refractivity contribution in [3.05, 3.63) is 35.9 Å². The molecule has 0 aliphatic heterocycles. The number of nitrogens with two attached hydrogens (primary N) is 1. The molecule has 0 heterocycles. The lowest BCUT2D eigenvalue weighted by Crippen LogP contribution is -2.76. The van der Waals surface area contributed by atoms with Crippen LogP contribution in [-0.2, 0) is 9.53 Å². The lowest BCUT2D eigenvalue weighted by molar-refractivity contribution is -0.170. The molecule has 5 heteroatoms. The Labute approximate surface area is 158 Å². The van der Waals surface area contributed by atoms with Crippen molar-refractivity contribution in [3.63, 3.8) is 0 Å². The molecule has 5 nitrogen and oxygen atoms in total. The second kappa shape index (κ2) is 7.67. The molecule has 0 spiro atoms. The van der Waals surface area contributed by atoms with E-state index in [0.717, 1.165) is 0 Å². The maximum absolute atomic E-state index is 12.8. The second-order valence-corrected chi connectivity index (χ2v) is 8.68. The minimum atomic E-state index is -0.881. The summed E-state index contributed by atoms with van der Waals surface area (Å²) in [4.78, 5) is 12.8. The van der Waals surface area contributed by atoms with Crippen molar-refractivity contribution in [2.75, 3.05) is 13.2 Å². The van der Waals surface area contributed by atoms with Gasteiger partial charge in [-0.05, 0) is 33.3 Å². The van der Waals surface area contributed by atoms with Crippen LogP contribution >= 0.6 is 0 Å². The van der Waals surface area contributed by atoms with Crippen molar-refractivity contribution in [3.8, 4) is 0 Å². The Kier molecular flexibility index (Phi) is 6.16. The Morgan fingerprint density at radius 1 is 1.35 bits per heavy atom. The zero-order valence-electron chi connectivity index (χ0n) is 17.1. The van der Waals surface area contributed by atoms with Gasteiger partial charge in [0.05, 0.1) is 6.10 Å². The number of carbonyl (C=O) groups is 1. The van der Waals surface area contributed by atoms with E-state index in [1.165, 1.54) is 5.56 Å². The molecule has 4 N–H and O–H groups in total. The molecule has 1 saturated carbocycles. The Balaban J connectivity index is 1.92. The van der Waals surface area contributed by atoms with Crippen LogP contribution in [0.2, 0.25) is 0 Å². The molecule has 0 saturated heterocycles. The van der Waals surface area contributed by atoms with Crippen LogP contribution in [0, 0.1) is 5.41 Å². The molecule has 1 amide bonds. The van der Waals surface area contributed by atoms with Gasteiger partial charge in [-0.2, -0.15) is 0 Å². The van der Waals surface area contributed by atoms with Crippen LogP contribution in [0.5, 0.6) is 0 Å². The highest BCUT2D eigenvalue weighted by molar-refractivity contribution is 5.88. The average Bonchev–Trinajstić information content (AvgIpc) is 2.59. The third-order valence-corrected chi connectivity index (χ3v) is 5.83. The molecule has 1 aromatic rings. The van der Waals surface area contributed by atoms with Gasteiger partial charge in [-0.1, -0.05) is 44.2 Å². The minimum Gasteiger partial charge on any atom is -0.378 e. The topological polar surface area (TPSA) is 76.4 Å². The molecule has 1 aromatic carbocycles. The third-order valence-electron chi connectivity index (χ3n) is 5.83. The van der Waals surface area contributed by atoms with E-state index >= 15 is 0 Å². The third kappa shape index (κ3) is 4.11. The summed E-state index contributed by atoms with van der Waals surface area (Å²) in [7, 11) is 0. The summed E-state index contributed by atoms with van der Waals surface area (Å²) in [6, 6.07) is 10.5. The molecular formula is C21H35N3O2. The number of rotatable bonds is 8. The first-order chi connectivity index (χ1) is 12.0. The number of carbonyl (C=O) groups excluding carboxylic acids is 1. The highest BCUT2D eigenvalue weighted by atomic mass is 16.5. The average molecular weight is 362 g/mol. The first-order valence-electron chi connectivity index (χ1n) is 9.55. The first kappa shape index (κ1) is 20.9. The van der Waals surface area contributed by atoms with Crippen LogP contribution in [0.3, 0.4) is 0 Å². The number of ether oxygens (including phenoxy) is 1. The fraction of sp³-hybridized carbons (Fsp3) is 0.667. The molecule has 3 unspecified atom stereocenters. The zero-order valence-corrected chi connectivity index (χ0v) is 17.1. The summed E-state index contributed by atoms with van der Waals surface area (Å²) in [5, 5.41) is 6.64. The molecule has 0 bridgehead atoms. The summed E-state index contributed by atoms with van der Waals surface area (Å²) in [6.45, 7) is 13.4. The zero-order chi connectivity index (χ0) is 19.6. The highest BCUT2D eigenvalue weighted by Gasteiger charge is 2.62. The summed E-state index contributed by atoms with van der Waals surface area (Å²) in [5.74, 6) is -0.0966. The van der Waals surface area contributed by atoms with Crippen LogP contribution in [0.25, 0.3) is 0 Å². The van der Waals surface area contributed by atoms with E-state index in [1.807, 2.05) is 39.0 Å². The molecule has 1 fully saturated rings. The van der Waals surface area contributed by atoms with Gasteiger partial charge in [0, 0.05) is 36.6 Å². The maximum atomic E-state index is 12.8. The lowest BCUT2D eigenvalue weighted by Gasteiger charge is -2.57. The van der Waals surface area contributed by atoms with Gasteiger partial charge in [0.1, 0.15) is 5.54 Å². The number of benzene rings is 1. The van der Waals surface area contributed by atoms with Crippen LogP contribution < -0.4 is 16.4 Å². The predicted octanol–water partition coefficient (Wildman–Crippen LogP) is 2.76. The Hall–Kier alpha value is -1.43. The van der Waals surface area contributed by atoms with Crippen molar-refractivity contribution < 1.29 is 9.53 Å². The van der Waals surface area contributed by atoms with Gasteiger partial charge in [0.2, 0.25) is 5.91 Å². The standard InChI is InChI=1S/C21H35N3O2/c1-7-26-17-13-21(22,20(17,5)6)18(25)23-14-19(3,4)24-15(2)16-11-9-8-10-12-16/h8-12,15,17,24H,7,13-14,22H2,1-6H3,(H,23,25). The first-order valence-corrected chi connectivity index (χ1v) is 9.55. The van der Waals surface area contributed by atoms with Gasteiger partial charge < -0.3 is 21.1 Å². The van der Waals surface area contributed by atoms with Crippen LogP contribution in [-0.4, -0.2) is 36.2 Å². The molecule has 26 heavy (non-hydrogen) atoms. The van der Waals surface area contributed by atoms with E-state index in [-0.39, 0.29) is 29.0 Å². The molecular weight excluding hydrogens is 326 g/mol. The van der Waals surface area contributed by atoms with Gasteiger partial charge in [-0.15, -0.1) is 0 Å². The maximum Gasteiger partial charge on any atom is 0.240 e. The Bertz CT molecular complexity index is 615. The number of hydrogen-bond donors (Lipinski definition) is 3. The Morgan fingerprint density at radius 3 is 2.50 bits per heavy atom. The van der Waals surface area contributed by atoms with E-state index in [1.54, 1.807) is 0 Å². The summed E-state index contributed by atoms with van der Waals surface area (Å²) in [6.07, 6.45) is 0.598. The van der Waals surface area contributed by atoms with E-state index in [0.29, 0.717) is 19.6 Å². The van der Waals surface area contributed by atoms with Crippen molar-refractivity contribution in [2.24, 2.45) is 11.1 Å². The normalized spacial score (nSPS) is 26.0. The number of nitrogens with one attached hydrogen (secondary N) is 2. The fourth-order valence-corrected chi connectivity index (χ4v) is 3.74. The van der Waals surface area contributed by atoms with Crippen molar-refractivity contribution >= 4 is 5.91 Å². The second-order valence-electron chi connectivity index (χ2n) is 8.68. The van der Waals surface area contributed by atoms with Crippen molar-refractivity contribution in [1.29, 1.82) is 0 Å². The Morgan fingerprint density at radius 2 is 1.96 bits per heavy atom. The molecule has 0 radical (unpaired) electrons. The van der Waals surface area contributed by atoms with Gasteiger partial charge in [0.15, 0.2) is 0 Å². The smallest absolute Gasteiger partial charge is 0.240 e. The molecule has 1 aliphatic rings. The quantitative estimate of drug-likeness (QED) is 0.665. The number of amides is 1. The van der Waals surface area contributed by atoms with E-state index in [2.05, 4.69) is 43.5 Å². The van der Waals surface area contributed by atoms with Gasteiger partial charge in [0.25, 0.3) is 0 Å². The van der Waals surface area contributed by atoms with E-state index in [4.69, 9.17) is 10.5 Å². The van der Waals surface area contributed by atoms with E-state index < -0.39 is 5.54 Å². The van der Waals surface area contributed by atoms with Gasteiger partial charge in [-0.3, -0.25) is 4.79 Å². The number of hydrogen-bond acceptors (Lipinski definition) is 4. The van der Waals surface area contributed by atoms with E-state index in [9.17, 15) is 4.79 Å². The SMILES string of the molecule is CCOC1CC(N)(C(=O)NCC(C)(C)NC(C)c2ccccc2)C1(C)C. The van der Waals surface area contributed by atoms with Crippen LogP contribution in [0.15, 0.2) is 30.3 Å². The lowest BCUT2D eigenvalue weighted by atomic mass is 9.54. The minimum absolute atomic E-state index is 0.0347. The molecule has 3 atom stereocenters. The fourth-order valence-electron chi connectivity index (χ4n) is 3.74. The van der Waals surface area contributed by atoms with Crippen LogP contribution in [0.1, 0.15) is 59.6 Å². The van der Waals surface area contributed by atoms with Crippen molar-refractivity contribution in [1.82, 2.24) is 10.6 Å². The van der Waals surface area contributed by atoms with Gasteiger partial charge in [-0.25, -0.2) is 0 Å². The summed E-state index contributed by atoms with van der Waals surface area (Å²) >= 11 is 0. The molecule has 0 aromatic heterocycles. The monoisotopic (exact) mass is 361 g/mol.